The Hall–Kier alpha value is -1.35. The highest BCUT2D eigenvalue weighted by molar-refractivity contribution is 6.30. The zero-order valence-corrected chi connectivity index (χ0v) is 9.20. The van der Waals surface area contributed by atoms with Gasteiger partial charge < -0.3 is 5.73 Å². The topological polar surface area (TPSA) is 50.7 Å². The van der Waals surface area contributed by atoms with Gasteiger partial charge in [0.1, 0.15) is 12.5 Å². The van der Waals surface area contributed by atoms with E-state index in [1.165, 1.54) is 0 Å². The van der Waals surface area contributed by atoms with Crippen molar-refractivity contribution in [1.82, 2.24) is 0 Å². The smallest absolute Gasteiger partial charge is 0.131 e. The highest BCUT2D eigenvalue weighted by atomic mass is 35.5. The van der Waals surface area contributed by atoms with Crippen LogP contribution in [0.5, 0.6) is 0 Å². The number of nitrogens with zero attached hydrogens (tertiary/aromatic N) is 2. The largest absolute Gasteiger partial charge is 0.387 e. The molecule has 0 aliphatic carbocycles. The normalized spacial score (nSPS) is 20.8. The summed E-state index contributed by atoms with van der Waals surface area (Å²) in [7, 11) is 0. The van der Waals surface area contributed by atoms with E-state index in [2.05, 4.69) is 9.98 Å². The summed E-state index contributed by atoms with van der Waals surface area (Å²) in [6.45, 7) is 2.42. The van der Waals surface area contributed by atoms with Gasteiger partial charge in [-0.1, -0.05) is 23.7 Å². The van der Waals surface area contributed by atoms with Gasteiger partial charge in [0.25, 0.3) is 0 Å². The monoisotopic (exact) mass is 221 g/mol. The van der Waals surface area contributed by atoms with Crippen LogP contribution in [0.1, 0.15) is 18.4 Å². The Morgan fingerprint density at radius 1 is 1.27 bits per heavy atom. The highest BCUT2D eigenvalue weighted by Crippen LogP contribution is 2.22. The molecule has 0 radical (unpaired) electrons. The van der Waals surface area contributed by atoms with E-state index >= 15 is 0 Å². The van der Waals surface area contributed by atoms with Gasteiger partial charge in [-0.05, 0) is 24.6 Å². The first-order chi connectivity index (χ1) is 7.18. The molecule has 0 bridgehead atoms. The number of hydrogen-bond donors (Lipinski definition) is 1. The summed E-state index contributed by atoms with van der Waals surface area (Å²) >= 11 is 5.83. The van der Waals surface area contributed by atoms with Crippen molar-refractivity contribution in [2.45, 2.75) is 12.8 Å². The molecular weight excluding hydrogens is 210 g/mol. The van der Waals surface area contributed by atoms with E-state index in [1.807, 2.05) is 31.2 Å². The van der Waals surface area contributed by atoms with Crippen LogP contribution in [0.2, 0.25) is 5.02 Å². The number of nitrogens with two attached hydrogens (primary N) is 1. The quantitative estimate of drug-likeness (QED) is 0.777. The summed E-state index contributed by atoms with van der Waals surface area (Å²) in [5.74, 6) is 0.640. The van der Waals surface area contributed by atoms with E-state index in [1.54, 1.807) is 0 Å². The zero-order chi connectivity index (χ0) is 10.8. The number of hydrogen-bond acceptors (Lipinski definition) is 3. The SMILES string of the molecule is CC1=NCN=C(N)C1c1ccc(Cl)cc1. The van der Waals surface area contributed by atoms with Crippen LogP contribution < -0.4 is 5.73 Å². The van der Waals surface area contributed by atoms with Gasteiger partial charge in [0.15, 0.2) is 0 Å². The fourth-order valence-electron chi connectivity index (χ4n) is 1.69. The lowest BCUT2D eigenvalue weighted by atomic mass is 9.93. The van der Waals surface area contributed by atoms with Gasteiger partial charge in [0.2, 0.25) is 0 Å². The molecule has 0 amide bonds. The van der Waals surface area contributed by atoms with Gasteiger partial charge in [0, 0.05) is 10.7 Å². The second kappa shape index (κ2) is 4.03. The van der Waals surface area contributed by atoms with Crippen molar-refractivity contribution >= 4 is 23.1 Å². The lowest BCUT2D eigenvalue weighted by Gasteiger charge is -2.20. The molecule has 0 fully saturated rings. The van der Waals surface area contributed by atoms with Crippen LogP contribution in [0.15, 0.2) is 34.3 Å². The van der Waals surface area contributed by atoms with E-state index in [0.717, 1.165) is 16.3 Å². The van der Waals surface area contributed by atoms with Gasteiger partial charge in [-0.2, -0.15) is 0 Å². The van der Waals surface area contributed by atoms with Crippen LogP contribution in [0.3, 0.4) is 0 Å². The van der Waals surface area contributed by atoms with Crippen molar-refractivity contribution < 1.29 is 0 Å². The Labute approximate surface area is 93.7 Å². The lowest BCUT2D eigenvalue weighted by Crippen LogP contribution is -2.30. The second-order valence-electron chi connectivity index (χ2n) is 3.51. The minimum absolute atomic E-state index is 0.0102. The first-order valence-electron chi connectivity index (χ1n) is 4.74. The third-order valence-electron chi connectivity index (χ3n) is 2.49. The minimum atomic E-state index is 0.0102. The highest BCUT2D eigenvalue weighted by Gasteiger charge is 2.21. The Morgan fingerprint density at radius 3 is 2.53 bits per heavy atom. The third kappa shape index (κ3) is 2.02. The number of rotatable bonds is 1. The van der Waals surface area contributed by atoms with Crippen molar-refractivity contribution in [3.8, 4) is 0 Å². The molecule has 2 rings (SSSR count). The maximum absolute atomic E-state index is 5.88. The van der Waals surface area contributed by atoms with Crippen LogP contribution in [-0.4, -0.2) is 18.2 Å². The molecule has 1 heterocycles. The number of aliphatic imine (C=N–C) groups is 2. The fraction of sp³-hybridized carbons (Fsp3) is 0.273. The average Bonchev–Trinajstić information content (AvgIpc) is 2.20. The first kappa shape index (κ1) is 10.2. The molecule has 0 aromatic heterocycles. The molecule has 0 saturated carbocycles. The van der Waals surface area contributed by atoms with Crippen LogP contribution in [0.4, 0.5) is 0 Å². The van der Waals surface area contributed by atoms with E-state index in [9.17, 15) is 0 Å². The first-order valence-corrected chi connectivity index (χ1v) is 5.12. The predicted molar refractivity (Wildman–Crippen MR) is 63.8 cm³/mol. The van der Waals surface area contributed by atoms with Gasteiger partial charge >= 0.3 is 0 Å². The molecule has 4 heteroatoms. The van der Waals surface area contributed by atoms with E-state index in [-0.39, 0.29) is 5.92 Å². The summed E-state index contributed by atoms with van der Waals surface area (Å²) in [6.07, 6.45) is 0. The minimum Gasteiger partial charge on any atom is -0.387 e. The summed E-state index contributed by atoms with van der Waals surface area (Å²) in [6, 6.07) is 7.62. The summed E-state index contributed by atoms with van der Waals surface area (Å²) < 4.78 is 0. The molecule has 1 aromatic rings. The van der Waals surface area contributed by atoms with E-state index in [0.29, 0.717) is 12.5 Å². The van der Waals surface area contributed by atoms with E-state index in [4.69, 9.17) is 17.3 Å². The predicted octanol–water partition coefficient (Wildman–Crippen LogP) is 2.21. The Balaban J connectivity index is 2.37. The molecule has 1 atom stereocenters. The Morgan fingerprint density at radius 2 is 1.93 bits per heavy atom. The molecule has 1 aliphatic heterocycles. The fourth-order valence-corrected chi connectivity index (χ4v) is 1.82. The summed E-state index contributed by atoms with van der Waals surface area (Å²) in [5, 5.41) is 0.722. The van der Waals surface area contributed by atoms with Crippen LogP contribution >= 0.6 is 11.6 Å². The maximum atomic E-state index is 5.88. The molecule has 1 aromatic carbocycles. The van der Waals surface area contributed by atoms with Gasteiger partial charge in [-0.25, -0.2) is 4.99 Å². The Kier molecular flexibility index (Phi) is 2.73. The lowest BCUT2D eigenvalue weighted by molar-refractivity contribution is 0.970. The standard InChI is InChI=1S/C11H12ClN3/c1-7-10(11(13)15-6-14-7)8-2-4-9(12)5-3-8/h2-5,10H,6H2,1H3,(H2,13,15). The van der Waals surface area contributed by atoms with Gasteiger partial charge in [-0.15, -0.1) is 0 Å². The maximum Gasteiger partial charge on any atom is 0.131 e. The molecule has 1 aliphatic rings. The van der Waals surface area contributed by atoms with Crippen molar-refractivity contribution in [1.29, 1.82) is 0 Å². The molecule has 1 unspecified atom stereocenters. The number of benzene rings is 1. The van der Waals surface area contributed by atoms with Gasteiger partial charge in [-0.3, -0.25) is 4.99 Å². The molecule has 15 heavy (non-hydrogen) atoms. The van der Waals surface area contributed by atoms with Crippen molar-refractivity contribution in [2.75, 3.05) is 6.67 Å². The Bertz CT molecular complexity index is 402. The molecular formula is C11H12ClN3. The van der Waals surface area contributed by atoms with Crippen molar-refractivity contribution in [3.05, 3.63) is 34.9 Å². The second-order valence-corrected chi connectivity index (χ2v) is 3.94. The van der Waals surface area contributed by atoms with Gasteiger partial charge in [0.05, 0.1) is 5.92 Å². The molecule has 0 spiro atoms. The van der Waals surface area contributed by atoms with Crippen LogP contribution in [0.25, 0.3) is 0 Å². The average molecular weight is 222 g/mol. The summed E-state index contributed by atoms with van der Waals surface area (Å²) in [5.41, 5.74) is 7.96. The molecule has 3 nitrogen and oxygen atoms in total. The van der Waals surface area contributed by atoms with E-state index < -0.39 is 0 Å². The van der Waals surface area contributed by atoms with Crippen LogP contribution in [-0.2, 0) is 0 Å². The van der Waals surface area contributed by atoms with Crippen molar-refractivity contribution in [3.63, 3.8) is 0 Å². The zero-order valence-electron chi connectivity index (χ0n) is 8.44. The summed E-state index contributed by atoms with van der Waals surface area (Å²) in [4.78, 5) is 8.41. The van der Waals surface area contributed by atoms with Crippen molar-refractivity contribution in [2.24, 2.45) is 15.7 Å². The molecule has 2 N–H and O–H groups in total. The third-order valence-corrected chi connectivity index (χ3v) is 2.74. The molecule has 78 valence electrons. The van der Waals surface area contributed by atoms with Crippen LogP contribution in [0, 0.1) is 0 Å². The number of halogens is 1. The number of amidine groups is 1. The molecule has 0 saturated heterocycles.